The van der Waals surface area contributed by atoms with E-state index in [1.165, 1.54) is 11.3 Å². The van der Waals surface area contributed by atoms with E-state index in [1.54, 1.807) is 42.7 Å². The van der Waals surface area contributed by atoms with Gasteiger partial charge in [-0.1, -0.05) is 6.07 Å². The van der Waals surface area contributed by atoms with Gasteiger partial charge in [0.05, 0.1) is 6.57 Å². The monoisotopic (exact) mass is 322 g/mol. The van der Waals surface area contributed by atoms with Crippen molar-refractivity contribution >= 4 is 34.6 Å². The summed E-state index contributed by atoms with van der Waals surface area (Å²) >= 11 is 1.18. The van der Waals surface area contributed by atoms with Crippen LogP contribution in [0.5, 0.6) is 0 Å². The van der Waals surface area contributed by atoms with E-state index >= 15 is 0 Å². The van der Waals surface area contributed by atoms with Gasteiger partial charge >= 0.3 is 5.97 Å². The number of carboxylic acid groups (broad SMARTS) is 1. The number of hydrogen-bond acceptors (Lipinski definition) is 5. The first kappa shape index (κ1) is 14.7. The second-order valence-electron chi connectivity index (χ2n) is 4.51. The third-order valence-electron chi connectivity index (χ3n) is 3.03. The molecule has 112 valence electrons. The summed E-state index contributed by atoms with van der Waals surface area (Å²) in [4.78, 5) is 23.7. The Bertz CT molecular complexity index is 900. The van der Waals surface area contributed by atoms with Crippen molar-refractivity contribution in [3.8, 4) is 10.4 Å². The van der Waals surface area contributed by atoms with E-state index in [2.05, 4.69) is 20.1 Å². The minimum atomic E-state index is -0.953. The first-order chi connectivity index (χ1) is 11.2. The molecule has 0 aliphatic rings. The van der Waals surface area contributed by atoms with Crippen LogP contribution in [0.2, 0.25) is 0 Å². The molecule has 0 saturated heterocycles. The molecule has 0 aliphatic carbocycles. The molecule has 23 heavy (non-hydrogen) atoms. The van der Waals surface area contributed by atoms with Gasteiger partial charge in [0.2, 0.25) is 11.6 Å². The van der Waals surface area contributed by atoms with Crippen molar-refractivity contribution in [3.63, 3.8) is 0 Å². The lowest BCUT2D eigenvalue weighted by molar-refractivity contribution is 0.0702. The maximum atomic E-state index is 11.0. The second kappa shape index (κ2) is 6.25. The summed E-state index contributed by atoms with van der Waals surface area (Å²) in [7, 11) is 0. The van der Waals surface area contributed by atoms with E-state index in [0.29, 0.717) is 17.3 Å². The first-order valence-corrected chi connectivity index (χ1v) is 7.38. The third-order valence-corrected chi connectivity index (χ3v) is 4.15. The molecule has 0 saturated carbocycles. The largest absolute Gasteiger partial charge is 0.477 e. The van der Waals surface area contributed by atoms with E-state index in [9.17, 15) is 4.79 Å². The van der Waals surface area contributed by atoms with E-state index in [-0.39, 0.29) is 4.88 Å². The number of nitrogens with one attached hydrogen (secondary N) is 1. The molecule has 2 N–H and O–H groups in total. The average Bonchev–Trinajstić information content (AvgIpc) is 3.06. The van der Waals surface area contributed by atoms with E-state index in [4.69, 9.17) is 11.7 Å². The summed E-state index contributed by atoms with van der Waals surface area (Å²) in [5, 5.41) is 12.0. The van der Waals surface area contributed by atoms with E-state index in [0.717, 1.165) is 10.4 Å². The Labute approximate surface area is 135 Å². The Morgan fingerprint density at radius 2 is 2.00 bits per heavy atom. The summed E-state index contributed by atoms with van der Waals surface area (Å²) in [6, 6.07) is 10.3. The summed E-state index contributed by atoms with van der Waals surface area (Å²) in [6.07, 6.45) is 3.22. The Kier molecular flexibility index (Phi) is 3.99. The number of aromatic nitrogens is 2. The quantitative estimate of drug-likeness (QED) is 0.704. The van der Waals surface area contributed by atoms with Gasteiger partial charge in [-0.25, -0.2) is 19.6 Å². The molecule has 0 bridgehead atoms. The van der Waals surface area contributed by atoms with Crippen LogP contribution in [0.25, 0.3) is 15.3 Å². The lowest BCUT2D eigenvalue weighted by atomic mass is 10.1. The molecule has 6 nitrogen and oxygen atoms in total. The topological polar surface area (TPSA) is 79.5 Å². The normalized spacial score (nSPS) is 10.0. The number of benzene rings is 1. The maximum Gasteiger partial charge on any atom is 0.345 e. The molecule has 0 aliphatic heterocycles. The zero-order valence-corrected chi connectivity index (χ0v) is 12.5. The number of rotatable bonds is 4. The van der Waals surface area contributed by atoms with Crippen LogP contribution in [0, 0.1) is 6.57 Å². The molecule has 0 unspecified atom stereocenters. The minimum Gasteiger partial charge on any atom is -0.477 e. The van der Waals surface area contributed by atoms with E-state index < -0.39 is 5.97 Å². The number of aromatic carboxylic acids is 1. The summed E-state index contributed by atoms with van der Waals surface area (Å²) in [5.74, 6) is -0.541. The fourth-order valence-electron chi connectivity index (χ4n) is 1.98. The fraction of sp³-hybridized carbons (Fsp3) is 0. The minimum absolute atomic E-state index is 0.268. The number of carboxylic acids is 1. The van der Waals surface area contributed by atoms with Gasteiger partial charge in [0.15, 0.2) is 0 Å². The van der Waals surface area contributed by atoms with Crippen LogP contribution in [0.1, 0.15) is 9.67 Å². The van der Waals surface area contributed by atoms with Gasteiger partial charge in [-0.3, -0.25) is 0 Å². The van der Waals surface area contributed by atoms with Crippen LogP contribution in [-0.2, 0) is 0 Å². The van der Waals surface area contributed by atoms with E-state index in [1.807, 2.05) is 6.07 Å². The summed E-state index contributed by atoms with van der Waals surface area (Å²) in [5.41, 5.74) is 1.82. The van der Waals surface area contributed by atoms with Crippen molar-refractivity contribution in [3.05, 3.63) is 65.1 Å². The molecular formula is C16H10N4O2S. The molecule has 3 aromatic rings. The lowest BCUT2D eigenvalue weighted by Crippen LogP contribution is -1.95. The lowest BCUT2D eigenvalue weighted by Gasteiger charge is -2.08. The van der Waals surface area contributed by atoms with Crippen LogP contribution in [0.3, 0.4) is 0 Å². The fourth-order valence-corrected chi connectivity index (χ4v) is 2.82. The zero-order chi connectivity index (χ0) is 16.2. The highest BCUT2D eigenvalue weighted by atomic mass is 32.1. The molecule has 2 aromatic heterocycles. The van der Waals surface area contributed by atoms with Crippen LogP contribution in [0.15, 0.2) is 48.8 Å². The summed E-state index contributed by atoms with van der Waals surface area (Å²) < 4.78 is 0. The molecule has 0 spiro atoms. The van der Waals surface area contributed by atoms with Crippen molar-refractivity contribution in [1.29, 1.82) is 0 Å². The Balaban J connectivity index is 1.93. The van der Waals surface area contributed by atoms with Gasteiger partial charge < -0.3 is 10.4 Å². The number of thiophene rings is 1. The Morgan fingerprint density at radius 1 is 1.22 bits per heavy atom. The molecule has 1 aromatic carbocycles. The van der Waals surface area contributed by atoms with Gasteiger partial charge in [-0.05, 0) is 35.9 Å². The van der Waals surface area contributed by atoms with Crippen molar-refractivity contribution in [2.24, 2.45) is 0 Å². The highest BCUT2D eigenvalue weighted by Crippen LogP contribution is 2.35. The predicted octanol–water partition coefficient (Wildman–Crippen LogP) is 4.20. The Hall–Kier alpha value is -3.24. The van der Waals surface area contributed by atoms with Crippen molar-refractivity contribution < 1.29 is 9.90 Å². The average molecular weight is 322 g/mol. The molecule has 0 atom stereocenters. The number of hydrogen-bond donors (Lipinski definition) is 2. The first-order valence-electron chi connectivity index (χ1n) is 6.56. The van der Waals surface area contributed by atoms with Crippen molar-refractivity contribution in [1.82, 2.24) is 9.97 Å². The van der Waals surface area contributed by atoms with Crippen molar-refractivity contribution in [2.75, 3.05) is 5.32 Å². The second-order valence-corrected chi connectivity index (χ2v) is 5.59. The van der Waals surface area contributed by atoms with Gasteiger partial charge in [0, 0.05) is 23.0 Å². The molecule has 0 radical (unpaired) electrons. The molecule has 0 amide bonds. The van der Waals surface area contributed by atoms with Crippen molar-refractivity contribution in [2.45, 2.75) is 0 Å². The smallest absolute Gasteiger partial charge is 0.345 e. The van der Waals surface area contributed by atoms with Crippen LogP contribution in [0.4, 0.5) is 17.3 Å². The standard InChI is InChI=1S/C16H10N4O2S/c1-17-12-9-10(13-5-6-14(23-13)15(21)22)3-4-11(12)20-16-18-7-2-8-19-16/h2-9H,(H,21,22)(H,18,19,20). The third kappa shape index (κ3) is 3.17. The Morgan fingerprint density at radius 3 is 2.65 bits per heavy atom. The molecule has 0 fully saturated rings. The molecular weight excluding hydrogens is 312 g/mol. The SMILES string of the molecule is [C-]#[N+]c1cc(-c2ccc(C(=O)O)s2)ccc1Nc1ncccn1. The number of nitrogens with zero attached hydrogens (tertiary/aromatic N) is 3. The van der Waals surface area contributed by atoms with Crippen LogP contribution in [-0.4, -0.2) is 21.0 Å². The molecule has 3 rings (SSSR count). The summed E-state index contributed by atoms with van der Waals surface area (Å²) in [6.45, 7) is 7.34. The highest BCUT2D eigenvalue weighted by molar-refractivity contribution is 7.17. The molecule has 7 heteroatoms. The van der Waals surface area contributed by atoms with Gasteiger partial charge in [0.1, 0.15) is 4.88 Å². The molecule has 2 heterocycles. The number of anilines is 2. The van der Waals surface area contributed by atoms with Crippen LogP contribution < -0.4 is 5.32 Å². The number of carbonyl (C=O) groups is 1. The highest BCUT2D eigenvalue weighted by Gasteiger charge is 2.11. The van der Waals surface area contributed by atoms with Gasteiger partial charge in [-0.2, -0.15) is 0 Å². The predicted molar refractivity (Wildman–Crippen MR) is 88.3 cm³/mol. The van der Waals surface area contributed by atoms with Gasteiger partial charge in [0.25, 0.3) is 0 Å². The zero-order valence-electron chi connectivity index (χ0n) is 11.7. The van der Waals surface area contributed by atoms with Crippen LogP contribution >= 0.6 is 11.3 Å². The maximum absolute atomic E-state index is 11.0. The van der Waals surface area contributed by atoms with Gasteiger partial charge in [-0.15, -0.1) is 11.3 Å².